The average Bonchev–Trinajstić information content (AvgIpc) is 1.73. The van der Waals surface area contributed by atoms with Crippen LogP contribution in [0.2, 0.25) is 0 Å². The molecule has 0 atom stereocenters. The highest BCUT2D eigenvalue weighted by Gasteiger charge is 1.82. The zero-order valence-corrected chi connectivity index (χ0v) is 4.78. The molecule has 5 heteroatoms. The van der Waals surface area contributed by atoms with Gasteiger partial charge >= 0.3 is 5.97 Å². The molecule has 0 radical (unpaired) electrons. The highest BCUT2D eigenvalue weighted by atomic mass is 36.5. The summed E-state index contributed by atoms with van der Waals surface area (Å²) in [6, 6.07) is 0. The first-order valence-electron chi connectivity index (χ1n) is 1.24. The predicted octanol–water partition coefficient (Wildman–Crippen LogP) is 0.442. The van der Waals surface area contributed by atoms with E-state index < -0.39 is 12.6 Å². The lowest BCUT2D eigenvalue weighted by atomic mass is 10.8. The van der Waals surface area contributed by atoms with Gasteiger partial charge in [0.25, 0.3) is 0 Å². The van der Waals surface area contributed by atoms with Crippen molar-refractivity contribution in [3.63, 3.8) is 0 Å². The molecule has 0 aliphatic rings. The van der Waals surface area contributed by atoms with E-state index in [1.165, 1.54) is 0 Å². The standard InChI is InChI=1S/C2H4O3.Cl2/c3-1-2(4)5;1-2/h3H,1H2,(H,4,5);. The van der Waals surface area contributed by atoms with Crippen LogP contribution in [0.25, 0.3) is 0 Å². The number of hydrogen-bond acceptors (Lipinski definition) is 2. The van der Waals surface area contributed by atoms with Crippen molar-refractivity contribution in [1.29, 1.82) is 0 Å². The van der Waals surface area contributed by atoms with Crippen LogP contribution in [0.15, 0.2) is 0 Å². The summed E-state index contributed by atoms with van der Waals surface area (Å²) >= 11 is 0. The van der Waals surface area contributed by atoms with E-state index in [4.69, 9.17) is 15.0 Å². The lowest BCUT2D eigenvalue weighted by Gasteiger charge is -1.72. The van der Waals surface area contributed by atoms with Crippen LogP contribution >= 0.6 is 21.7 Å². The van der Waals surface area contributed by atoms with E-state index in [0.717, 1.165) is 0 Å². The van der Waals surface area contributed by atoms with Crippen molar-refractivity contribution in [2.75, 3.05) is 6.61 Å². The monoisotopic (exact) mass is 146 g/mol. The fourth-order valence-electron chi connectivity index (χ4n) is 0. The summed E-state index contributed by atoms with van der Waals surface area (Å²) < 4.78 is 0. The first kappa shape index (κ1) is 10.1. The third-order valence-corrected chi connectivity index (χ3v) is 0.135. The number of aliphatic hydroxyl groups excluding tert-OH is 1. The minimum atomic E-state index is -1.19. The summed E-state index contributed by atoms with van der Waals surface area (Å²) in [5.41, 5.74) is 0. The largest absolute Gasteiger partial charge is 0.480 e. The molecule has 0 amide bonds. The fourth-order valence-corrected chi connectivity index (χ4v) is 0. The predicted molar refractivity (Wildman–Crippen MR) is 26.4 cm³/mol. The van der Waals surface area contributed by atoms with Crippen molar-refractivity contribution in [2.24, 2.45) is 0 Å². The van der Waals surface area contributed by atoms with Crippen LogP contribution in [0.1, 0.15) is 0 Å². The molecule has 0 unspecified atom stereocenters. The van der Waals surface area contributed by atoms with E-state index in [9.17, 15) is 0 Å². The van der Waals surface area contributed by atoms with Gasteiger partial charge in [-0.05, 0) is 0 Å². The molecule has 0 heterocycles. The smallest absolute Gasteiger partial charge is 0.329 e. The Kier molecular flexibility index (Phi) is 13.5. The number of carbonyl (C=O) groups is 1. The van der Waals surface area contributed by atoms with Crippen molar-refractivity contribution in [1.82, 2.24) is 0 Å². The third kappa shape index (κ3) is 23.9. The Balaban J connectivity index is 0. The maximum absolute atomic E-state index is 9.12. The third-order valence-electron chi connectivity index (χ3n) is 0.135. The van der Waals surface area contributed by atoms with Gasteiger partial charge in [0.2, 0.25) is 0 Å². The van der Waals surface area contributed by atoms with Gasteiger partial charge in [-0.2, -0.15) is 0 Å². The number of hydrogen-bond donors (Lipinski definition) is 2. The molecular formula is C2H4Cl2O3. The quantitative estimate of drug-likeness (QED) is 0.565. The van der Waals surface area contributed by atoms with Gasteiger partial charge in [-0.25, -0.2) is 4.79 Å². The van der Waals surface area contributed by atoms with Gasteiger partial charge in [-0.15, -0.1) is 0 Å². The van der Waals surface area contributed by atoms with Gasteiger partial charge in [0.1, 0.15) is 6.61 Å². The molecule has 0 aromatic heterocycles. The van der Waals surface area contributed by atoms with E-state index >= 15 is 0 Å². The molecule has 2 N–H and O–H groups in total. The normalized spacial score (nSPS) is 6.14. The molecule has 0 aliphatic heterocycles. The molecule has 0 saturated heterocycles. The summed E-state index contributed by atoms with van der Waals surface area (Å²) in [7, 11) is 8.22. The van der Waals surface area contributed by atoms with E-state index in [2.05, 4.69) is 21.7 Å². The van der Waals surface area contributed by atoms with Crippen LogP contribution in [-0.2, 0) is 4.79 Å². The molecule has 0 bridgehead atoms. The molecule has 0 aliphatic carbocycles. The summed E-state index contributed by atoms with van der Waals surface area (Å²) in [5.74, 6) is -1.19. The second-order valence-electron chi connectivity index (χ2n) is 0.552. The van der Waals surface area contributed by atoms with Gasteiger partial charge in [0, 0.05) is 21.7 Å². The number of carboxylic acids is 1. The summed E-state index contributed by atoms with van der Waals surface area (Å²) in [6.07, 6.45) is 0. The van der Waals surface area contributed by atoms with Crippen LogP contribution in [-0.4, -0.2) is 22.8 Å². The van der Waals surface area contributed by atoms with Gasteiger partial charge in [0.15, 0.2) is 0 Å². The van der Waals surface area contributed by atoms with Crippen LogP contribution < -0.4 is 0 Å². The van der Waals surface area contributed by atoms with Crippen LogP contribution in [0.3, 0.4) is 0 Å². The molecule has 0 spiro atoms. The Labute approximate surface area is 50.1 Å². The number of rotatable bonds is 1. The van der Waals surface area contributed by atoms with Crippen LogP contribution in [0, 0.1) is 0 Å². The molecule has 0 aromatic carbocycles. The molecule has 7 heavy (non-hydrogen) atoms. The zero-order valence-electron chi connectivity index (χ0n) is 3.27. The lowest BCUT2D eigenvalue weighted by molar-refractivity contribution is -0.140. The van der Waals surface area contributed by atoms with Gasteiger partial charge in [-0.3, -0.25) is 0 Å². The molecule has 0 rings (SSSR count). The summed E-state index contributed by atoms with van der Waals surface area (Å²) in [6.45, 7) is -0.778. The Bertz CT molecular complexity index is 46.2. The topological polar surface area (TPSA) is 57.5 Å². The van der Waals surface area contributed by atoms with E-state index in [-0.39, 0.29) is 0 Å². The van der Waals surface area contributed by atoms with Crippen molar-refractivity contribution in [2.45, 2.75) is 0 Å². The molecule has 0 saturated carbocycles. The van der Waals surface area contributed by atoms with Gasteiger partial charge in [-0.1, -0.05) is 0 Å². The van der Waals surface area contributed by atoms with Crippen molar-refractivity contribution in [3.05, 3.63) is 0 Å². The lowest BCUT2D eigenvalue weighted by Crippen LogP contribution is -1.98. The highest BCUT2D eigenvalue weighted by molar-refractivity contribution is 6.85. The van der Waals surface area contributed by atoms with E-state index in [1.807, 2.05) is 0 Å². The Morgan fingerprint density at radius 3 is 1.71 bits per heavy atom. The molecule has 44 valence electrons. The zero-order chi connectivity index (χ0) is 6.28. The first-order chi connectivity index (χ1) is 3.27. The van der Waals surface area contributed by atoms with E-state index in [0.29, 0.717) is 0 Å². The minimum Gasteiger partial charge on any atom is -0.480 e. The molecule has 0 aromatic rings. The maximum atomic E-state index is 9.12. The maximum Gasteiger partial charge on any atom is 0.329 e. The van der Waals surface area contributed by atoms with Crippen molar-refractivity contribution >= 4 is 27.7 Å². The summed E-state index contributed by atoms with van der Waals surface area (Å²) in [4.78, 5) is 9.12. The Morgan fingerprint density at radius 2 is 1.71 bits per heavy atom. The van der Waals surface area contributed by atoms with Crippen LogP contribution in [0.5, 0.6) is 0 Å². The fraction of sp³-hybridized carbons (Fsp3) is 0.500. The number of carboxylic acid groups (broad SMARTS) is 1. The first-order valence-corrected chi connectivity index (χ1v) is 2.38. The van der Waals surface area contributed by atoms with E-state index in [1.54, 1.807) is 0 Å². The van der Waals surface area contributed by atoms with Gasteiger partial charge < -0.3 is 10.2 Å². The summed E-state index contributed by atoms with van der Waals surface area (Å²) in [5, 5.41) is 15.0. The highest BCUT2D eigenvalue weighted by Crippen LogP contribution is 1.69. The van der Waals surface area contributed by atoms with Gasteiger partial charge in [0.05, 0.1) is 0 Å². The average molecular weight is 147 g/mol. The Morgan fingerprint density at radius 1 is 1.57 bits per heavy atom. The number of aliphatic carboxylic acids is 1. The molecule has 0 fully saturated rings. The molecule has 3 nitrogen and oxygen atoms in total. The number of aliphatic hydroxyl groups is 1. The number of halogens is 2. The van der Waals surface area contributed by atoms with Crippen molar-refractivity contribution < 1.29 is 15.0 Å². The molecular weight excluding hydrogens is 143 g/mol. The SMILES string of the molecule is ClCl.O=C(O)CO. The minimum absolute atomic E-state index is 0.778. The van der Waals surface area contributed by atoms with Crippen LogP contribution in [0.4, 0.5) is 0 Å². The second kappa shape index (κ2) is 9.38. The second-order valence-corrected chi connectivity index (χ2v) is 0.552. The Hall–Kier alpha value is 0.01000. The van der Waals surface area contributed by atoms with Crippen molar-refractivity contribution in [3.8, 4) is 0 Å².